The van der Waals surface area contributed by atoms with Gasteiger partial charge in [0, 0.05) is 54.6 Å². The maximum Gasteiger partial charge on any atom is 0.208 e. The summed E-state index contributed by atoms with van der Waals surface area (Å²) in [6.45, 7) is 0. The van der Waals surface area contributed by atoms with Crippen molar-refractivity contribution in [3.8, 4) is 177 Å². The zero-order valence-corrected chi connectivity index (χ0v) is 32.7. The van der Waals surface area contributed by atoms with E-state index in [-0.39, 0.29) is 0 Å². The Morgan fingerprint density at radius 2 is 0.485 bits per heavy atom. The zero-order valence-electron chi connectivity index (χ0n) is 32.7. The molecule has 8 aromatic carbocycles. The third-order valence-corrected chi connectivity index (χ3v) is 11.6. The third-order valence-electron chi connectivity index (χ3n) is 11.6. The van der Waals surface area contributed by atoms with Crippen LogP contribution in [0, 0.1) is 0 Å². The van der Waals surface area contributed by atoms with Crippen molar-refractivity contribution in [3.63, 3.8) is 0 Å². The summed E-state index contributed by atoms with van der Waals surface area (Å²) in [7, 11) is 0. The summed E-state index contributed by atoms with van der Waals surface area (Å²) >= 11 is 0. The van der Waals surface area contributed by atoms with Crippen molar-refractivity contribution < 1.29 is 132 Å². The van der Waals surface area contributed by atoms with Crippen LogP contribution in [0.25, 0.3) is 87.6 Å². The molecule has 0 radical (unpaired) electrons. The first-order valence-corrected chi connectivity index (χ1v) is 18.3. The van der Waals surface area contributed by atoms with Crippen molar-refractivity contribution in [3.05, 3.63) is 6.07 Å². The Labute approximate surface area is 369 Å². The molecule has 1 aromatic heterocycles. The first-order chi connectivity index (χ1) is 31.7. The molecular formula is C42H26O26. The SMILES string of the molecule is Oc1cc2c(-c3c4c(O)c(O)c(O)c(O)c4c(-c4c(O)c(O)c(O)c5oc6c(O)c(O)c(O)c(O)c6c45)c4c(O)c(O)c(O)c(O)c34)c(O)c(-c3c(O)c(O)c(O)c(O)c3O)c(O)c2c(O)c1O. The second kappa shape index (κ2) is 13.2. The van der Waals surface area contributed by atoms with Crippen molar-refractivity contribution in [2.75, 3.05) is 0 Å². The minimum Gasteiger partial charge on any atom is -0.506 e. The van der Waals surface area contributed by atoms with Crippen LogP contribution in [0.2, 0.25) is 0 Å². The van der Waals surface area contributed by atoms with Crippen LogP contribution >= 0.6 is 0 Å². The molecular weight excluding hydrogens is 920 g/mol. The molecule has 26 heteroatoms. The van der Waals surface area contributed by atoms with Gasteiger partial charge in [-0.1, -0.05) is 0 Å². The van der Waals surface area contributed by atoms with Crippen LogP contribution in [-0.2, 0) is 0 Å². The lowest BCUT2D eigenvalue weighted by atomic mass is 9.80. The highest BCUT2D eigenvalue weighted by Gasteiger charge is 2.40. The fourth-order valence-corrected chi connectivity index (χ4v) is 8.48. The van der Waals surface area contributed by atoms with Gasteiger partial charge in [-0.2, -0.15) is 0 Å². The molecule has 0 spiro atoms. The maximum absolute atomic E-state index is 12.4. The number of aromatic hydroxyl groups is 25. The fourth-order valence-electron chi connectivity index (χ4n) is 8.48. The largest absolute Gasteiger partial charge is 0.506 e. The van der Waals surface area contributed by atoms with Crippen LogP contribution in [0.5, 0.6) is 144 Å². The summed E-state index contributed by atoms with van der Waals surface area (Å²) in [5.74, 6) is -40.5. The topological polar surface area (TPSA) is 519 Å². The van der Waals surface area contributed by atoms with Gasteiger partial charge >= 0.3 is 0 Å². The van der Waals surface area contributed by atoms with Crippen molar-refractivity contribution >= 4 is 54.3 Å². The molecule has 0 saturated heterocycles. The zero-order chi connectivity index (χ0) is 50.1. The molecule has 0 aliphatic heterocycles. The van der Waals surface area contributed by atoms with Crippen LogP contribution in [0.1, 0.15) is 0 Å². The van der Waals surface area contributed by atoms with E-state index in [0.29, 0.717) is 6.07 Å². The Hall–Kier alpha value is -10.7. The van der Waals surface area contributed by atoms with Gasteiger partial charge in [-0.25, -0.2) is 0 Å². The first-order valence-electron chi connectivity index (χ1n) is 18.3. The van der Waals surface area contributed by atoms with E-state index in [9.17, 15) is 128 Å². The Morgan fingerprint density at radius 3 is 0.926 bits per heavy atom. The normalized spacial score (nSPS) is 11.8. The molecule has 0 aliphatic rings. The summed E-state index contributed by atoms with van der Waals surface area (Å²) < 4.78 is 5.42. The Balaban J connectivity index is 1.70. The highest BCUT2D eigenvalue weighted by molar-refractivity contribution is 6.35. The van der Waals surface area contributed by atoms with Crippen LogP contribution < -0.4 is 0 Å². The molecule has 25 N–H and O–H groups in total. The van der Waals surface area contributed by atoms with E-state index in [2.05, 4.69) is 0 Å². The molecule has 0 saturated carbocycles. The van der Waals surface area contributed by atoms with Crippen LogP contribution in [-0.4, -0.2) is 128 Å². The lowest BCUT2D eigenvalue weighted by Gasteiger charge is -2.25. The molecule has 68 heavy (non-hydrogen) atoms. The van der Waals surface area contributed by atoms with Crippen molar-refractivity contribution in [2.45, 2.75) is 0 Å². The number of rotatable bonds is 3. The lowest BCUT2D eigenvalue weighted by Crippen LogP contribution is -1.98. The molecule has 350 valence electrons. The van der Waals surface area contributed by atoms with E-state index in [1.165, 1.54) is 0 Å². The average molecular weight is 947 g/mol. The van der Waals surface area contributed by atoms with E-state index in [0.717, 1.165) is 0 Å². The van der Waals surface area contributed by atoms with Crippen LogP contribution in [0.4, 0.5) is 0 Å². The molecule has 0 aliphatic carbocycles. The van der Waals surface area contributed by atoms with Gasteiger partial charge in [0.1, 0.15) is 11.5 Å². The lowest BCUT2D eigenvalue weighted by molar-refractivity contribution is 0.329. The van der Waals surface area contributed by atoms with Crippen molar-refractivity contribution in [1.82, 2.24) is 0 Å². The molecule has 0 unspecified atom stereocenters. The Morgan fingerprint density at radius 1 is 0.191 bits per heavy atom. The highest BCUT2D eigenvalue weighted by Crippen LogP contribution is 2.69. The molecule has 9 rings (SSSR count). The number of benzene rings is 8. The number of hydrogen-bond donors (Lipinski definition) is 25. The Kier molecular flexibility index (Phi) is 8.27. The van der Waals surface area contributed by atoms with E-state index in [1.807, 2.05) is 0 Å². The van der Waals surface area contributed by atoms with Crippen molar-refractivity contribution in [1.29, 1.82) is 0 Å². The van der Waals surface area contributed by atoms with E-state index >= 15 is 0 Å². The van der Waals surface area contributed by atoms with E-state index < -0.39 is 231 Å². The maximum atomic E-state index is 12.4. The van der Waals surface area contributed by atoms with Gasteiger partial charge in [0.2, 0.25) is 74.7 Å². The highest BCUT2D eigenvalue weighted by atomic mass is 16.4. The summed E-state index contributed by atoms with van der Waals surface area (Å²) in [5, 5.41) is 269. The number of fused-ring (bicyclic) bond motifs is 6. The fraction of sp³-hybridized carbons (Fsp3) is 0. The molecule has 9 aromatic rings. The minimum absolute atomic E-state index is 0.399. The second-order valence-electron chi connectivity index (χ2n) is 14.9. The number of furan rings is 1. The van der Waals surface area contributed by atoms with E-state index in [1.54, 1.807) is 0 Å². The van der Waals surface area contributed by atoms with Gasteiger partial charge in [0.05, 0.1) is 21.9 Å². The molecule has 26 nitrogen and oxygen atoms in total. The smallest absolute Gasteiger partial charge is 0.208 e. The predicted octanol–water partition coefficient (Wildman–Crippen LogP) is 4.69. The molecule has 1 heterocycles. The molecule has 0 amide bonds. The van der Waals surface area contributed by atoms with Gasteiger partial charge in [-0.3, -0.25) is 0 Å². The summed E-state index contributed by atoms with van der Waals surface area (Å²) in [4.78, 5) is 0. The van der Waals surface area contributed by atoms with Gasteiger partial charge in [-0.05, 0) is 6.07 Å². The standard InChI is InChI=1S/C42H26O26/c43-3-1-2-4(18(45)14(19(46)5(2)20(47)17(3)44)15-26(53)33(60)37(64)34(61)27(15)54)6-8-10(23(50)31(58)29(56)21(8)48)7(11-9(6)22(49)30(57)32(59)24(11)51)12-13-16-28(55)35(62)38(65)40(67)42(16)68-41(13)39(66)36(63)25(12)52/h1,43-67H. The second-order valence-corrected chi connectivity index (χ2v) is 14.9. The number of phenolic OH excluding ortho intramolecular Hbond substituents is 25. The first kappa shape index (κ1) is 42.6. The predicted molar refractivity (Wildman–Crippen MR) is 224 cm³/mol. The number of hydrogen-bond acceptors (Lipinski definition) is 26. The minimum atomic E-state index is -1.75. The van der Waals surface area contributed by atoms with Crippen LogP contribution in [0.3, 0.4) is 0 Å². The monoisotopic (exact) mass is 946 g/mol. The van der Waals surface area contributed by atoms with Gasteiger partial charge in [0.25, 0.3) is 0 Å². The average Bonchev–Trinajstić information content (AvgIpc) is 3.71. The molecule has 0 fully saturated rings. The third kappa shape index (κ3) is 4.76. The summed E-state index contributed by atoms with van der Waals surface area (Å²) in [5.41, 5.74) is -10.4. The summed E-state index contributed by atoms with van der Waals surface area (Å²) in [6, 6.07) is 0.399. The quantitative estimate of drug-likeness (QED) is 0.0649. The summed E-state index contributed by atoms with van der Waals surface area (Å²) in [6.07, 6.45) is 0. The van der Waals surface area contributed by atoms with Crippen molar-refractivity contribution in [2.24, 2.45) is 0 Å². The van der Waals surface area contributed by atoms with Gasteiger partial charge in [0.15, 0.2) is 68.7 Å². The molecule has 0 bridgehead atoms. The molecule has 0 atom stereocenters. The van der Waals surface area contributed by atoms with E-state index in [4.69, 9.17) is 4.42 Å². The number of phenols is 25. The van der Waals surface area contributed by atoms with Gasteiger partial charge in [-0.15, -0.1) is 0 Å². The van der Waals surface area contributed by atoms with Crippen LogP contribution in [0.15, 0.2) is 10.5 Å². The van der Waals surface area contributed by atoms with Gasteiger partial charge < -0.3 is 132 Å². The Bertz CT molecular complexity index is 3790.